The lowest BCUT2D eigenvalue weighted by Gasteiger charge is -2.06. The fraction of sp³-hybridized carbons (Fsp3) is 0.231. The lowest BCUT2D eigenvalue weighted by atomic mass is 10.2. The Kier molecular flexibility index (Phi) is 4.99. The lowest BCUT2D eigenvalue weighted by molar-refractivity contribution is -0.120. The third-order valence-electron chi connectivity index (χ3n) is 2.77. The Morgan fingerprint density at radius 1 is 1.32 bits per heavy atom. The number of nitrogens with two attached hydrogens (primary N) is 1. The van der Waals surface area contributed by atoms with Crippen LogP contribution < -0.4 is 11.1 Å². The van der Waals surface area contributed by atoms with Crippen molar-refractivity contribution in [1.82, 2.24) is 20.1 Å². The number of benzene rings is 1. The Morgan fingerprint density at radius 2 is 2.05 bits per heavy atom. The van der Waals surface area contributed by atoms with Gasteiger partial charge in [-0.25, -0.2) is 14.5 Å². The van der Waals surface area contributed by atoms with E-state index < -0.39 is 11.9 Å². The first-order valence-corrected chi connectivity index (χ1v) is 7.08. The summed E-state index contributed by atoms with van der Waals surface area (Å²) in [6.45, 7) is 1.98. The topological polar surface area (TPSA) is 103 Å². The maximum absolute atomic E-state index is 11.5. The smallest absolute Gasteiger partial charge is 0.318 e. The van der Waals surface area contributed by atoms with Crippen LogP contribution in [-0.2, 0) is 11.3 Å². The molecule has 3 amide bonds. The largest absolute Gasteiger partial charge is 0.351 e. The molecule has 3 N–H and O–H groups in total. The number of carbonyl (C=O) groups excluding carboxylic acids is 2. The average molecular weight is 342 g/mol. The molecule has 1 aromatic heterocycles. The Labute approximate surface area is 136 Å². The number of aromatic nitrogens is 3. The van der Waals surface area contributed by atoms with E-state index in [1.54, 1.807) is 29.8 Å². The van der Waals surface area contributed by atoms with Crippen LogP contribution in [0.25, 0.3) is 11.4 Å². The van der Waals surface area contributed by atoms with Crippen LogP contribution in [0.5, 0.6) is 0 Å². The van der Waals surface area contributed by atoms with Crippen LogP contribution in [0.2, 0.25) is 10.0 Å². The monoisotopic (exact) mass is 341 g/mol. The van der Waals surface area contributed by atoms with Crippen molar-refractivity contribution in [2.45, 2.75) is 19.9 Å². The second kappa shape index (κ2) is 6.76. The van der Waals surface area contributed by atoms with Gasteiger partial charge in [-0.3, -0.25) is 10.1 Å². The minimum atomic E-state index is -0.885. The van der Waals surface area contributed by atoms with E-state index in [1.807, 2.05) is 5.32 Å². The number of imide groups is 1. The summed E-state index contributed by atoms with van der Waals surface area (Å²) >= 11 is 11.9. The highest BCUT2D eigenvalue weighted by atomic mass is 35.5. The van der Waals surface area contributed by atoms with E-state index in [4.69, 9.17) is 28.9 Å². The van der Waals surface area contributed by atoms with E-state index in [2.05, 4.69) is 10.1 Å². The van der Waals surface area contributed by atoms with Crippen molar-refractivity contribution in [3.05, 3.63) is 34.1 Å². The molecule has 2 rings (SSSR count). The van der Waals surface area contributed by atoms with Crippen LogP contribution in [0.1, 0.15) is 12.2 Å². The van der Waals surface area contributed by atoms with Gasteiger partial charge in [-0.15, -0.1) is 0 Å². The zero-order chi connectivity index (χ0) is 16.3. The van der Waals surface area contributed by atoms with E-state index in [1.165, 1.54) is 0 Å². The molecule has 0 aliphatic carbocycles. The van der Waals surface area contributed by atoms with Crippen molar-refractivity contribution in [2.24, 2.45) is 5.73 Å². The van der Waals surface area contributed by atoms with Gasteiger partial charge in [-0.1, -0.05) is 23.2 Å². The summed E-state index contributed by atoms with van der Waals surface area (Å²) in [5.41, 5.74) is 5.61. The van der Waals surface area contributed by atoms with E-state index in [-0.39, 0.29) is 13.0 Å². The molecule has 0 atom stereocenters. The van der Waals surface area contributed by atoms with Crippen molar-refractivity contribution in [2.75, 3.05) is 0 Å². The molecule has 7 nitrogen and oxygen atoms in total. The molecule has 0 spiro atoms. The number of primary amides is 1. The summed E-state index contributed by atoms with van der Waals surface area (Å²) < 4.78 is 1.56. The van der Waals surface area contributed by atoms with Gasteiger partial charge in [0.25, 0.3) is 0 Å². The molecular weight excluding hydrogens is 329 g/mol. The third kappa shape index (κ3) is 3.96. The van der Waals surface area contributed by atoms with Crippen molar-refractivity contribution in [3.8, 4) is 11.4 Å². The van der Waals surface area contributed by atoms with Gasteiger partial charge in [0.05, 0.1) is 16.6 Å². The summed E-state index contributed by atoms with van der Waals surface area (Å²) in [6, 6.07) is 4.21. The molecule has 0 fully saturated rings. The normalized spacial score (nSPS) is 10.5. The molecule has 0 radical (unpaired) electrons. The van der Waals surface area contributed by atoms with Crippen molar-refractivity contribution in [1.29, 1.82) is 0 Å². The lowest BCUT2D eigenvalue weighted by Crippen LogP contribution is -2.35. The molecule has 0 unspecified atom stereocenters. The van der Waals surface area contributed by atoms with E-state index in [0.29, 0.717) is 21.7 Å². The molecule has 9 heteroatoms. The molecule has 1 heterocycles. The van der Waals surface area contributed by atoms with Crippen LogP contribution in [0.3, 0.4) is 0 Å². The highest BCUT2D eigenvalue weighted by Crippen LogP contribution is 2.27. The summed E-state index contributed by atoms with van der Waals surface area (Å²) in [5, 5.41) is 7.06. The number of nitrogens with zero attached hydrogens (tertiary/aromatic N) is 3. The van der Waals surface area contributed by atoms with Gasteiger partial charge in [0, 0.05) is 12.0 Å². The minimum absolute atomic E-state index is 0.0417. The molecule has 0 aliphatic rings. The standard InChI is InChI=1S/C13H13Cl2N5O2/c1-7-17-12(8-2-3-9(14)10(15)6-8)20(19-7)5-4-11(21)18-13(16)22/h2-3,6H,4-5H2,1H3,(H3,16,18,21,22). The summed E-state index contributed by atoms with van der Waals surface area (Å²) in [4.78, 5) is 26.4. The van der Waals surface area contributed by atoms with Crippen LogP contribution in [-0.4, -0.2) is 26.7 Å². The number of nitrogens with one attached hydrogen (secondary N) is 1. The Morgan fingerprint density at radius 3 is 2.68 bits per heavy atom. The number of aryl methyl sites for hydroxylation is 2. The summed E-state index contributed by atoms with van der Waals surface area (Å²) in [7, 11) is 0. The number of amides is 3. The maximum atomic E-state index is 11.5. The molecule has 0 bridgehead atoms. The second-order valence-corrected chi connectivity index (χ2v) is 5.31. The molecule has 0 saturated carbocycles. The predicted molar refractivity (Wildman–Crippen MR) is 82.6 cm³/mol. The SMILES string of the molecule is Cc1nc(-c2ccc(Cl)c(Cl)c2)n(CCC(=O)NC(N)=O)n1. The maximum Gasteiger partial charge on any atom is 0.318 e. The van der Waals surface area contributed by atoms with Crippen LogP contribution in [0.4, 0.5) is 4.79 Å². The van der Waals surface area contributed by atoms with Gasteiger partial charge in [-0.05, 0) is 25.1 Å². The fourth-order valence-electron chi connectivity index (χ4n) is 1.87. The van der Waals surface area contributed by atoms with Crippen molar-refractivity contribution < 1.29 is 9.59 Å². The third-order valence-corrected chi connectivity index (χ3v) is 3.51. The molecule has 116 valence electrons. The van der Waals surface area contributed by atoms with Gasteiger partial charge in [-0.2, -0.15) is 5.10 Å². The number of hydrogen-bond acceptors (Lipinski definition) is 4. The van der Waals surface area contributed by atoms with E-state index >= 15 is 0 Å². The van der Waals surface area contributed by atoms with Crippen molar-refractivity contribution >= 4 is 35.1 Å². The van der Waals surface area contributed by atoms with Crippen molar-refractivity contribution in [3.63, 3.8) is 0 Å². The number of halogens is 2. The summed E-state index contributed by atoms with van der Waals surface area (Å²) in [5.74, 6) is 0.625. The van der Waals surface area contributed by atoms with Gasteiger partial charge in [0.1, 0.15) is 5.82 Å². The molecular formula is C13H13Cl2N5O2. The average Bonchev–Trinajstić information content (AvgIpc) is 2.80. The Hall–Kier alpha value is -2.12. The number of hydrogen-bond donors (Lipinski definition) is 2. The highest BCUT2D eigenvalue weighted by molar-refractivity contribution is 6.42. The van der Waals surface area contributed by atoms with E-state index in [0.717, 1.165) is 5.56 Å². The minimum Gasteiger partial charge on any atom is -0.351 e. The predicted octanol–water partition coefficient (Wildman–Crippen LogP) is 2.15. The second-order valence-electron chi connectivity index (χ2n) is 4.50. The first-order valence-electron chi connectivity index (χ1n) is 6.33. The van der Waals surface area contributed by atoms with Crippen LogP contribution in [0, 0.1) is 6.92 Å². The van der Waals surface area contributed by atoms with Gasteiger partial charge >= 0.3 is 6.03 Å². The van der Waals surface area contributed by atoms with E-state index in [9.17, 15) is 9.59 Å². The van der Waals surface area contributed by atoms with Gasteiger partial charge < -0.3 is 5.73 Å². The van der Waals surface area contributed by atoms with Crippen LogP contribution >= 0.6 is 23.2 Å². The molecule has 22 heavy (non-hydrogen) atoms. The fourth-order valence-corrected chi connectivity index (χ4v) is 2.17. The Bertz CT molecular complexity index is 729. The molecule has 1 aromatic carbocycles. The zero-order valence-corrected chi connectivity index (χ0v) is 13.1. The quantitative estimate of drug-likeness (QED) is 0.888. The highest BCUT2D eigenvalue weighted by Gasteiger charge is 2.13. The number of carbonyl (C=O) groups is 2. The number of rotatable bonds is 4. The molecule has 2 aromatic rings. The van der Waals surface area contributed by atoms with Crippen LogP contribution in [0.15, 0.2) is 18.2 Å². The Balaban J connectivity index is 2.21. The zero-order valence-electron chi connectivity index (χ0n) is 11.6. The first kappa shape index (κ1) is 16.3. The molecule has 0 aliphatic heterocycles. The van der Waals surface area contributed by atoms with Gasteiger partial charge in [0.2, 0.25) is 5.91 Å². The molecule has 0 saturated heterocycles. The summed E-state index contributed by atoms with van der Waals surface area (Å²) in [6.07, 6.45) is 0.0417. The number of urea groups is 1. The van der Waals surface area contributed by atoms with Gasteiger partial charge in [0.15, 0.2) is 5.82 Å². The first-order chi connectivity index (χ1) is 10.4.